The second kappa shape index (κ2) is 8.30. The van der Waals surface area contributed by atoms with Gasteiger partial charge in [0.05, 0.1) is 6.54 Å². The van der Waals surface area contributed by atoms with Crippen LogP contribution in [0.15, 0.2) is 76.1 Å². The van der Waals surface area contributed by atoms with Gasteiger partial charge in [0.25, 0.3) is 11.5 Å². The summed E-state index contributed by atoms with van der Waals surface area (Å²) in [5.41, 5.74) is 1.29. The molecule has 0 bridgehead atoms. The zero-order valence-electron chi connectivity index (χ0n) is 15.7. The van der Waals surface area contributed by atoms with Gasteiger partial charge in [-0.2, -0.15) is 0 Å². The number of benzene rings is 1. The molecule has 1 aliphatic carbocycles. The minimum absolute atomic E-state index is 0.0972. The molecule has 1 N–H and O–H groups in total. The van der Waals surface area contributed by atoms with Gasteiger partial charge in [0.15, 0.2) is 5.76 Å². The highest BCUT2D eigenvalue weighted by molar-refractivity contribution is 5.91. The summed E-state index contributed by atoms with van der Waals surface area (Å²) in [4.78, 5) is 24.3. The van der Waals surface area contributed by atoms with E-state index in [1.807, 2.05) is 6.07 Å². The largest absolute Gasteiger partial charge is 0.454 e. The SMILES string of the molecule is O=C(NC1CCC(c2ccccc2)CC1)c1ccc(Cn2ccccc2=O)o1. The molecule has 5 nitrogen and oxygen atoms in total. The van der Waals surface area contributed by atoms with Crippen LogP contribution in [0.2, 0.25) is 0 Å². The van der Waals surface area contributed by atoms with Crippen molar-refractivity contribution >= 4 is 5.91 Å². The normalized spacial score (nSPS) is 19.3. The first kappa shape index (κ1) is 18.3. The van der Waals surface area contributed by atoms with Crippen molar-refractivity contribution in [3.05, 3.63) is 94.3 Å². The Kier molecular flexibility index (Phi) is 5.42. The van der Waals surface area contributed by atoms with Gasteiger partial charge in [-0.05, 0) is 55.4 Å². The predicted molar refractivity (Wildman–Crippen MR) is 107 cm³/mol. The van der Waals surface area contributed by atoms with Gasteiger partial charge in [0.2, 0.25) is 0 Å². The van der Waals surface area contributed by atoms with Crippen molar-refractivity contribution in [3.8, 4) is 0 Å². The summed E-state index contributed by atoms with van der Waals surface area (Å²) < 4.78 is 7.21. The first-order chi connectivity index (χ1) is 13.7. The van der Waals surface area contributed by atoms with Crippen LogP contribution < -0.4 is 10.9 Å². The second-order valence-corrected chi connectivity index (χ2v) is 7.37. The monoisotopic (exact) mass is 376 g/mol. The fourth-order valence-electron chi connectivity index (χ4n) is 3.90. The Morgan fingerprint density at radius 3 is 2.46 bits per heavy atom. The van der Waals surface area contributed by atoms with Gasteiger partial charge in [-0.3, -0.25) is 9.59 Å². The number of furan rings is 1. The van der Waals surface area contributed by atoms with Gasteiger partial charge < -0.3 is 14.3 Å². The van der Waals surface area contributed by atoms with E-state index in [1.165, 1.54) is 11.6 Å². The maximum Gasteiger partial charge on any atom is 0.287 e. The van der Waals surface area contributed by atoms with Crippen LogP contribution in [-0.2, 0) is 6.54 Å². The Labute approximate surface area is 164 Å². The number of nitrogens with one attached hydrogen (secondary N) is 1. The van der Waals surface area contributed by atoms with E-state index in [2.05, 4.69) is 29.6 Å². The molecule has 0 saturated heterocycles. The van der Waals surface area contributed by atoms with Crippen LogP contribution in [0.5, 0.6) is 0 Å². The maximum atomic E-state index is 12.5. The van der Waals surface area contributed by atoms with Crippen molar-refractivity contribution in [3.63, 3.8) is 0 Å². The van der Waals surface area contributed by atoms with Crippen LogP contribution in [0.3, 0.4) is 0 Å². The van der Waals surface area contributed by atoms with Crippen LogP contribution >= 0.6 is 0 Å². The molecule has 0 aliphatic heterocycles. The molecular formula is C23H24N2O3. The first-order valence-corrected chi connectivity index (χ1v) is 9.79. The summed E-state index contributed by atoms with van der Waals surface area (Å²) in [6, 6.07) is 19.2. The van der Waals surface area contributed by atoms with E-state index in [1.54, 1.807) is 35.0 Å². The van der Waals surface area contributed by atoms with Crippen molar-refractivity contribution in [1.29, 1.82) is 0 Å². The molecule has 1 aliphatic rings. The number of hydrogen-bond donors (Lipinski definition) is 1. The van der Waals surface area contributed by atoms with Crippen LogP contribution in [0.4, 0.5) is 0 Å². The van der Waals surface area contributed by atoms with E-state index >= 15 is 0 Å². The summed E-state index contributed by atoms with van der Waals surface area (Å²) >= 11 is 0. The van der Waals surface area contributed by atoms with Gasteiger partial charge in [-0.1, -0.05) is 36.4 Å². The first-order valence-electron chi connectivity index (χ1n) is 9.79. The molecule has 1 saturated carbocycles. The molecule has 4 rings (SSSR count). The molecule has 3 aromatic rings. The Bertz CT molecular complexity index is 982. The Morgan fingerprint density at radius 2 is 1.71 bits per heavy atom. The second-order valence-electron chi connectivity index (χ2n) is 7.37. The molecule has 0 atom stereocenters. The summed E-state index contributed by atoms with van der Waals surface area (Å²) in [7, 11) is 0. The Balaban J connectivity index is 1.32. The molecule has 0 spiro atoms. The summed E-state index contributed by atoms with van der Waals surface area (Å²) in [6.07, 6.45) is 5.80. The van der Waals surface area contributed by atoms with Crippen molar-refractivity contribution in [1.82, 2.24) is 9.88 Å². The lowest BCUT2D eigenvalue weighted by Crippen LogP contribution is -2.37. The lowest BCUT2D eigenvalue weighted by molar-refractivity contribution is 0.0895. The number of aromatic nitrogens is 1. The molecule has 28 heavy (non-hydrogen) atoms. The quantitative estimate of drug-likeness (QED) is 0.733. The highest BCUT2D eigenvalue weighted by Crippen LogP contribution is 2.32. The number of rotatable bonds is 5. The average molecular weight is 376 g/mol. The van der Waals surface area contributed by atoms with Gasteiger partial charge in [0, 0.05) is 18.3 Å². The number of hydrogen-bond acceptors (Lipinski definition) is 3. The zero-order chi connectivity index (χ0) is 19.3. The van der Waals surface area contributed by atoms with Crippen LogP contribution in [-0.4, -0.2) is 16.5 Å². The van der Waals surface area contributed by atoms with Gasteiger partial charge in [-0.15, -0.1) is 0 Å². The number of pyridine rings is 1. The molecule has 5 heteroatoms. The molecule has 2 heterocycles. The Hall–Kier alpha value is -3.08. The Morgan fingerprint density at radius 1 is 0.964 bits per heavy atom. The number of carbonyl (C=O) groups excluding carboxylic acids is 1. The van der Waals surface area contributed by atoms with Crippen LogP contribution in [0.1, 0.15) is 53.5 Å². The molecule has 2 aromatic heterocycles. The third kappa shape index (κ3) is 4.25. The number of carbonyl (C=O) groups is 1. The molecular weight excluding hydrogens is 352 g/mol. The third-order valence-corrected chi connectivity index (χ3v) is 5.44. The van der Waals surface area contributed by atoms with Crippen molar-refractivity contribution < 1.29 is 9.21 Å². The molecule has 1 amide bonds. The topological polar surface area (TPSA) is 64.2 Å². The van der Waals surface area contributed by atoms with E-state index in [0.717, 1.165) is 25.7 Å². The fraction of sp³-hybridized carbons (Fsp3) is 0.304. The molecule has 1 fully saturated rings. The van der Waals surface area contributed by atoms with Crippen LogP contribution in [0, 0.1) is 0 Å². The minimum atomic E-state index is -0.185. The zero-order valence-corrected chi connectivity index (χ0v) is 15.7. The number of amides is 1. The lowest BCUT2D eigenvalue weighted by Gasteiger charge is -2.29. The standard InChI is InChI=1S/C23H24N2O3/c26-22-8-4-5-15-25(22)16-20-13-14-21(28-20)23(27)24-19-11-9-18(10-12-19)17-6-2-1-3-7-17/h1-8,13-15,18-19H,9-12,16H2,(H,24,27). The number of nitrogens with zero attached hydrogens (tertiary/aromatic N) is 1. The van der Waals surface area contributed by atoms with Gasteiger partial charge in [0.1, 0.15) is 5.76 Å². The highest BCUT2D eigenvalue weighted by Gasteiger charge is 2.24. The van der Waals surface area contributed by atoms with Gasteiger partial charge in [-0.25, -0.2) is 0 Å². The average Bonchev–Trinajstić information content (AvgIpc) is 3.20. The fourth-order valence-corrected chi connectivity index (χ4v) is 3.90. The van der Waals surface area contributed by atoms with Crippen molar-refractivity contribution in [2.45, 2.75) is 44.2 Å². The summed E-state index contributed by atoms with van der Waals surface area (Å²) in [5.74, 6) is 1.28. The minimum Gasteiger partial charge on any atom is -0.454 e. The van der Waals surface area contributed by atoms with Crippen molar-refractivity contribution in [2.75, 3.05) is 0 Å². The van der Waals surface area contributed by atoms with E-state index in [-0.39, 0.29) is 17.5 Å². The van der Waals surface area contributed by atoms with Gasteiger partial charge >= 0.3 is 0 Å². The molecule has 0 unspecified atom stereocenters. The van der Waals surface area contributed by atoms with E-state index < -0.39 is 0 Å². The molecule has 144 valence electrons. The van der Waals surface area contributed by atoms with Crippen molar-refractivity contribution in [2.24, 2.45) is 0 Å². The lowest BCUT2D eigenvalue weighted by atomic mass is 9.82. The van der Waals surface area contributed by atoms with E-state index in [4.69, 9.17) is 4.42 Å². The van der Waals surface area contributed by atoms with E-state index in [9.17, 15) is 9.59 Å². The van der Waals surface area contributed by atoms with Crippen LogP contribution in [0.25, 0.3) is 0 Å². The summed E-state index contributed by atoms with van der Waals surface area (Å²) in [6.45, 7) is 0.315. The highest BCUT2D eigenvalue weighted by atomic mass is 16.4. The summed E-state index contributed by atoms with van der Waals surface area (Å²) in [5, 5.41) is 3.09. The smallest absolute Gasteiger partial charge is 0.287 e. The van der Waals surface area contributed by atoms with E-state index in [0.29, 0.717) is 24.0 Å². The molecule has 1 aromatic carbocycles. The molecule has 0 radical (unpaired) electrons. The predicted octanol–water partition coefficient (Wildman–Crippen LogP) is 3.95. The third-order valence-electron chi connectivity index (χ3n) is 5.44. The maximum absolute atomic E-state index is 12.5.